The normalized spacial score (nSPS) is 10.3. The quantitative estimate of drug-likeness (QED) is 0.613. The van der Waals surface area contributed by atoms with Gasteiger partial charge in [-0.25, -0.2) is 4.39 Å². The van der Waals surface area contributed by atoms with Crippen LogP contribution in [-0.2, 0) is 9.53 Å². The summed E-state index contributed by atoms with van der Waals surface area (Å²) in [6.45, 7) is 0.595. The smallest absolute Gasteiger partial charge is 0.257 e. The first kappa shape index (κ1) is 15.8. The van der Waals surface area contributed by atoms with Crippen LogP contribution < -0.4 is 10.1 Å². The number of hydrogen-bond acceptors (Lipinski definition) is 3. The van der Waals surface area contributed by atoms with Crippen molar-refractivity contribution in [2.45, 2.75) is 6.42 Å². The minimum atomic E-state index is -1.12. The number of halogens is 3. The highest BCUT2D eigenvalue weighted by molar-refractivity contribution is 9.10. The zero-order chi connectivity index (χ0) is 14.3. The average molecular weight is 338 g/mol. The molecule has 1 N–H and O–H groups in total. The van der Waals surface area contributed by atoms with Gasteiger partial charge in [0, 0.05) is 24.7 Å². The molecule has 0 bridgehead atoms. The van der Waals surface area contributed by atoms with Gasteiger partial charge in [0.05, 0.1) is 0 Å². The van der Waals surface area contributed by atoms with Crippen LogP contribution in [0, 0.1) is 11.6 Å². The second-order valence-corrected chi connectivity index (χ2v) is 4.60. The molecule has 1 aromatic carbocycles. The summed E-state index contributed by atoms with van der Waals surface area (Å²) in [7, 11) is 1.56. The van der Waals surface area contributed by atoms with Crippen molar-refractivity contribution in [2.24, 2.45) is 0 Å². The fraction of sp³-hybridized carbons (Fsp3) is 0.417. The first-order valence-corrected chi connectivity index (χ1v) is 6.37. The summed E-state index contributed by atoms with van der Waals surface area (Å²) >= 11 is 3.01. The van der Waals surface area contributed by atoms with Gasteiger partial charge in [0.15, 0.2) is 18.2 Å². The van der Waals surface area contributed by atoms with E-state index in [-0.39, 0.29) is 12.4 Å². The van der Waals surface area contributed by atoms with Crippen molar-refractivity contribution in [3.63, 3.8) is 0 Å². The molecule has 1 rings (SSSR count). The van der Waals surface area contributed by atoms with Crippen molar-refractivity contribution < 1.29 is 23.0 Å². The molecule has 0 radical (unpaired) electrons. The number of benzene rings is 1. The summed E-state index contributed by atoms with van der Waals surface area (Å²) in [5.74, 6) is -2.87. The minimum Gasteiger partial charge on any atom is -0.481 e. The Morgan fingerprint density at radius 3 is 2.84 bits per heavy atom. The third-order valence-corrected chi connectivity index (χ3v) is 2.62. The number of carbonyl (C=O) groups excluding carboxylic acids is 1. The maximum absolute atomic E-state index is 13.3. The second kappa shape index (κ2) is 8.06. The Balaban J connectivity index is 2.42. The highest BCUT2D eigenvalue weighted by atomic mass is 79.9. The van der Waals surface area contributed by atoms with Crippen LogP contribution in [0.2, 0.25) is 0 Å². The number of carbonyl (C=O) groups is 1. The Bertz CT molecular complexity index is 443. The van der Waals surface area contributed by atoms with Crippen LogP contribution in [-0.4, -0.2) is 32.8 Å². The lowest BCUT2D eigenvalue weighted by Gasteiger charge is -2.09. The zero-order valence-electron chi connectivity index (χ0n) is 10.3. The zero-order valence-corrected chi connectivity index (χ0v) is 11.9. The van der Waals surface area contributed by atoms with Crippen LogP contribution >= 0.6 is 15.9 Å². The van der Waals surface area contributed by atoms with Crippen molar-refractivity contribution in [3.05, 3.63) is 28.2 Å². The van der Waals surface area contributed by atoms with E-state index in [0.29, 0.717) is 24.0 Å². The summed E-state index contributed by atoms with van der Waals surface area (Å²) in [5.41, 5.74) is 0. The van der Waals surface area contributed by atoms with Gasteiger partial charge in [-0.15, -0.1) is 0 Å². The summed E-state index contributed by atoms with van der Waals surface area (Å²) in [4.78, 5) is 11.4. The Labute approximate surface area is 118 Å². The van der Waals surface area contributed by atoms with E-state index < -0.39 is 17.5 Å². The van der Waals surface area contributed by atoms with Gasteiger partial charge in [-0.2, -0.15) is 4.39 Å². The van der Waals surface area contributed by atoms with E-state index in [1.807, 2.05) is 0 Å². The molecule has 0 heterocycles. The van der Waals surface area contributed by atoms with E-state index in [9.17, 15) is 13.6 Å². The number of ether oxygens (including phenoxy) is 2. The standard InChI is InChI=1S/C12H14BrF2NO3/c1-18-4-2-3-16-11(17)7-19-10-6-8(13)5-9(14)12(10)15/h5-6H,2-4,7H2,1H3,(H,16,17). The van der Waals surface area contributed by atoms with E-state index in [1.54, 1.807) is 7.11 Å². The first-order valence-electron chi connectivity index (χ1n) is 5.57. The molecular weight excluding hydrogens is 324 g/mol. The number of methoxy groups -OCH3 is 1. The molecule has 0 aliphatic heterocycles. The molecular formula is C12H14BrF2NO3. The van der Waals surface area contributed by atoms with Crippen molar-refractivity contribution >= 4 is 21.8 Å². The molecule has 0 atom stereocenters. The van der Waals surface area contributed by atoms with E-state index in [0.717, 1.165) is 6.07 Å². The van der Waals surface area contributed by atoms with Gasteiger partial charge in [0.1, 0.15) is 0 Å². The van der Waals surface area contributed by atoms with Gasteiger partial charge < -0.3 is 14.8 Å². The van der Waals surface area contributed by atoms with Crippen LogP contribution in [0.25, 0.3) is 0 Å². The van der Waals surface area contributed by atoms with Crippen LogP contribution in [0.5, 0.6) is 5.75 Å². The molecule has 0 saturated heterocycles. The Morgan fingerprint density at radius 2 is 2.16 bits per heavy atom. The van der Waals surface area contributed by atoms with Crippen molar-refractivity contribution in [1.82, 2.24) is 5.32 Å². The molecule has 0 saturated carbocycles. The van der Waals surface area contributed by atoms with Gasteiger partial charge in [0.2, 0.25) is 5.82 Å². The first-order chi connectivity index (χ1) is 9.04. The molecule has 0 fully saturated rings. The summed E-state index contributed by atoms with van der Waals surface area (Å²) in [5, 5.41) is 2.56. The van der Waals surface area contributed by atoms with Gasteiger partial charge in [-0.05, 0) is 18.6 Å². The monoisotopic (exact) mass is 337 g/mol. The molecule has 7 heteroatoms. The molecule has 1 amide bonds. The van der Waals surface area contributed by atoms with Crippen LogP contribution in [0.4, 0.5) is 8.78 Å². The second-order valence-electron chi connectivity index (χ2n) is 3.68. The van der Waals surface area contributed by atoms with Gasteiger partial charge in [0.25, 0.3) is 5.91 Å². The third-order valence-electron chi connectivity index (χ3n) is 2.17. The van der Waals surface area contributed by atoms with Crippen LogP contribution in [0.1, 0.15) is 6.42 Å². The Kier molecular flexibility index (Phi) is 6.72. The van der Waals surface area contributed by atoms with E-state index >= 15 is 0 Å². The Hall–Kier alpha value is -1.21. The molecule has 0 aromatic heterocycles. The summed E-state index contributed by atoms with van der Waals surface area (Å²) in [6, 6.07) is 2.24. The van der Waals surface area contributed by atoms with Crippen LogP contribution in [0.15, 0.2) is 16.6 Å². The Morgan fingerprint density at radius 1 is 1.42 bits per heavy atom. The lowest BCUT2D eigenvalue weighted by molar-refractivity contribution is -0.123. The van der Waals surface area contributed by atoms with Gasteiger partial charge >= 0.3 is 0 Å². The van der Waals surface area contributed by atoms with Crippen molar-refractivity contribution in [3.8, 4) is 5.75 Å². The average Bonchev–Trinajstić information content (AvgIpc) is 2.37. The molecule has 0 spiro atoms. The number of nitrogens with one attached hydrogen (secondary N) is 1. The molecule has 0 unspecified atom stereocenters. The SMILES string of the molecule is COCCCNC(=O)COc1cc(Br)cc(F)c1F. The maximum atomic E-state index is 13.3. The highest BCUT2D eigenvalue weighted by Crippen LogP contribution is 2.25. The van der Waals surface area contributed by atoms with Crippen LogP contribution in [0.3, 0.4) is 0 Å². The fourth-order valence-corrected chi connectivity index (χ4v) is 1.68. The fourth-order valence-electron chi connectivity index (χ4n) is 1.28. The van der Waals surface area contributed by atoms with Gasteiger partial charge in [-0.1, -0.05) is 15.9 Å². The summed E-state index contributed by atoms with van der Waals surface area (Å²) in [6.07, 6.45) is 0.669. The molecule has 0 aliphatic rings. The van der Waals surface area contributed by atoms with Crippen molar-refractivity contribution in [1.29, 1.82) is 0 Å². The maximum Gasteiger partial charge on any atom is 0.257 e. The lowest BCUT2D eigenvalue weighted by Crippen LogP contribution is -2.30. The summed E-state index contributed by atoms with van der Waals surface area (Å²) < 4.78 is 36.4. The van der Waals surface area contributed by atoms with E-state index in [2.05, 4.69) is 21.2 Å². The topological polar surface area (TPSA) is 47.6 Å². The number of rotatable bonds is 7. The highest BCUT2D eigenvalue weighted by Gasteiger charge is 2.12. The molecule has 0 aliphatic carbocycles. The number of hydrogen-bond donors (Lipinski definition) is 1. The van der Waals surface area contributed by atoms with Crippen molar-refractivity contribution in [2.75, 3.05) is 26.9 Å². The number of amides is 1. The molecule has 4 nitrogen and oxygen atoms in total. The third kappa shape index (κ3) is 5.52. The minimum absolute atomic E-state index is 0.307. The molecule has 1 aromatic rings. The molecule has 106 valence electrons. The predicted octanol–water partition coefficient (Wildman–Crippen LogP) is 2.26. The molecule has 19 heavy (non-hydrogen) atoms. The predicted molar refractivity (Wildman–Crippen MR) is 69.1 cm³/mol. The van der Waals surface area contributed by atoms with Gasteiger partial charge in [-0.3, -0.25) is 4.79 Å². The lowest BCUT2D eigenvalue weighted by atomic mass is 10.3. The largest absolute Gasteiger partial charge is 0.481 e. The van der Waals surface area contributed by atoms with E-state index in [1.165, 1.54) is 6.07 Å². The van der Waals surface area contributed by atoms with E-state index in [4.69, 9.17) is 9.47 Å².